The molecule has 3 aromatic rings. The summed E-state index contributed by atoms with van der Waals surface area (Å²) in [5.41, 5.74) is 2.47. The van der Waals surface area contributed by atoms with Gasteiger partial charge in [0.2, 0.25) is 0 Å². The summed E-state index contributed by atoms with van der Waals surface area (Å²) in [6.07, 6.45) is 1.05. The van der Waals surface area contributed by atoms with Crippen LogP contribution in [0.25, 0.3) is 10.2 Å². The second-order valence-electron chi connectivity index (χ2n) is 4.93. The fourth-order valence-electron chi connectivity index (χ4n) is 2.24. The van der Waals surface area contributed by atoms with E-state index in [1.807, 2.05) is 6.07 Å². The molecule has 1 atom stereocenters. The fraction of sp³-hybridized carbons (Fsp3) is 0.235. The lowest BCUT2D eigenvalue weighted by molar-refractivity contribution is 0.575. The van der Waals surface area contributed by atoms with Crippen molar-refractivity contribution in [1.82, 2.24) is 10.3 Å². The average molecular weight is 282 g/mol. The molecular weight excluding hydrogens is 264 g/mol. The third-order valence-electron chi connectivity index (χ3n) is 3.39. The minimum absolute atomic E-state index is 0.302. The fourth-order valence-corrected chi connectivity index (χ4v) is 3.23. The van der Waals surface area contributed by atoms with Crippen LogP contribution in [0.2, 0.25) is 0 Å². The molecule has 1 N–H and O–H groups in total. The molecule has 3 rings (SSSR count). The minimum atomic E-state index is 0.302. The number of hydrogen-bond donors (Lipinski definition) is 1. The van der Waals surface area contributed by atoms with Crippen molar-refractivity contribution in [3.8, 4) is 0 Å². The van der Waals surface area contributed by atoms with Crippen molar-refractivity contribution in [2.24, 2.45) is 0 Å². The van der Waals surface area contributed by atoms with Gasteiger partial charge in [-0.25, -0.2) is 4.98 Å². The van der Waals surface area contributed by atoms with Crippen molar-refractivity contribution in [2.75, 3.05) is 6.54 Å². The van der Waals surface area contributed by atoms with Gasteiger partial charge in [0, 0.05) is 0 Å². The highest BCUT2D eigenvalue weighted by Gasteiger charge is 2.10. The molecule has 3 heteroatoms. The molecule has 0 fully saturated rings. The molecule has 0 aliphatic carbocycles. The minimum Gasteiger partial charge on any atom is -0.308 e. The Kier molecular flexibility index (Phi) is 4.09. The Morgan fingerprint density at radius 2 is 1.80 bits per heavy atom. The highest BCUT2D eigenvalue weighted by Crippen LogP contribution is 2.25. The third kappa shape index (κ3) is 3.06. The number of nitrogens with zero attached hydrogens (tertiary/aromatic N) is 1. The lowest BCUT2D eigenvalue weighted by Crippen LogP contribution is -2.21. The summed E-state index contributed by atoms with van der Waals surface area (Å²) in [6.45, 7) is 3.16. The first-order valence-corrected chi connectivity index (χ1v) is 7.77. The van der Waals surface area contributed by atoms with E-state index in [4.69, 9.17) is 4.98 Å². The number of aromatic nitrogens is 1. The number of nitrogens with one attached hydrogen (secondary N) is 1. The first kappa shape index (κ1) is 13.3. The van der Waals surface area contributed by atoms with Gasteiger partial charge in [-0.15, -0.1) is 11.3 Å². The van der Waals surface area contributed by atoms with Crippen LogP contribution in [0.5, 0.6) is 0 Å². The van der Waals surface area contributed by atoms with Crippen LogP contribution in [-0.4, -0.2) is 11.5 Å². The van der Waals surface area contributed by atoms with E-state index < -0.39 is 0 Å². The number of fused-ring (bicyclic) bond motifs is 1. The van der Waals surface area contributed by atoms with Gasteiger partial charge in [0.15, 0.2) is 0 Å². The van der Waals surface area contributed by atoms with E-state index in [1.54, 1.807) is 11.3 Å². The zero-order valence-corrected chi connectivity index (χ0v) is 12.4. The molecule has 0 radical (unpaired) electrons. The van der Waals surface area contributed by atoms with E-state index in [-0.39, 0.29) is 0 Å². The Morgan fingerprint density at radius 3 is 2.60 bits per heavy atom. The van der Waals surface area contributed by atoms with Gasteiger partial charge in [0.25, 0.3) is 0 Å². The molecule has 0 saturated heterocycles. The molecule has 2 nitrogen and oxygen atoms in total. The quantitative estimate of drug-likeness (QED) is 0.759. The number of rotatable bonds is 5. The van der Waals surface area contributed by atoms with Crippen molar-refractivity contribution in [2.45, 2.75) is 19.4 Å². The summed E-state index contributed by atoms with van der Waals surface area (Å²) < 4.78 is 1.26. The van der Waals surface area contributed by atoms with Crippen molar-refractivity contribution < 1.29 is 0 Å². The lowest BCUT2D eigenvalue weighted by atomic mass is 10.1. The van der Waals surface area contributed by atoms with Crippen LogP contribution in [0, 0.1) is 0 Å². The van der Waals surface area contributed by atoms with E-state index in [9.17, 15) is 0 Å². The molecule has 0 bridgehead atoms. The Labute approximate surface area is 123 Å². The van der Waals surface area contributed by atoms with Crippen LogP contribution in [0.3, 0.4) is 0 Å². The third-order valence-corrected chi connectivity index (χ3v) is 4.61. The predicted molar refractivity (Wildman–Crippen MR) is 86.2 cm³/mol. The van der Waals surface area contributed by atoms with Gasteiger partial charge >= 0.3 is 0 Å². The second kappa shape index (κ2) is 6.16. The smallest absolute Gasteiger partial charge is 0.111 e. The molecule has 1 aromatic heterocycles. The van der Waals surface area contributed by atoms with Crippen LogP contribution in [0.4, 0.5) is 0 Å². The highest BCUT2D eigenvalue weighted by molar-refractivity contribution is 7.18. The van der Waals surface area contributed by atoms with Crippen molar-refractivity contribution >= 4 is 21.6 Å². The van der Waals surface area contributed by atoms with Crippen molar-refractivity contribution in [3.63, 3.8) is 0 Å². The van der Waals surface area contributed by atoms with E-state index in [0.717, 1.165) is 18.5 Å². The SMILES string of the molecule is CC(NCCc1ccccc1)c1nc2ccccc2s1. The van der Waals surface area contributed by atoms with Crippen LogP contribution >= 0.6 is 11.3 Å². The van der Waals surface area contributed by atoms with Crippen LogP contribution in [0.15, 0.2) is 54.6 Å². The highest BCUT2D eigenvalue weighted by atomic mass is 32.1. The van der Waals surface area contributed by atoms with E-state index in [2.05, 4.69) is 60.8 Å². The molecule has 0 aliphatic rings. The van der Waals surface area contributed by atoms with Crippen LogP contribution < -0.4 is 5.32 Å². The predicted octanol–water partition coefficient (Wildman–Crippen LogP) is 4.19. The zero-order valence-electron chi connectivity index (χ0n) is 11.5. The molecule has 20 heavy (non-hydrogen) atoms. The van der Waals surface area contributed by atoms with Crippen molar-refractivity contribution in [3.05, 3.63) is 65.2 Å². The summed E-state index contributed by atoms with van der Waals surface area (Å²) in [7, 11) is 0. The number of thiazole rings is 1. The van der Waals surface area contributed by atoms with Crippen LogP contribution in [0.1, 0.15) is 23.5 Å². The second-order valence-corrected chi connectivity index (χ2v) is 5.99. The topological polar surface area (TPSA) is 24.9 Å². The van der Waals surface area contributed by atoms with E-state index >= 15 is 0 Å². The lowest BCUT2D eigenvalue weighted by Gasteiger charge is -2.10. The Hall–Kier alpha value is -1.71. The van der Waals surface area contributed by atoms with Gasteiger partial charge in [0.1, 0.15) is 5.01 Å². The molecule has 102 valence electrons. The summed E-state index contributed by atoms with van der Waals surface area (Å²) >= 11 is 1.78. The van der Waals surface area contributed by atoms with Gasteiger partial charge in [0.05, 0.1) is 16.3 Å². The maximum absolute atomic E-state index is 4.69. The maximum atomic E-state index is 4.69. The Morgan fingerprint density at radius 1 is 1.05 bits per heavy atom. The number of para-hydroxylation sites is 1. The van der Waals surface area contributed by atoms with Gasteiger partial charge < -0.3 is 5.32 Å². The van der Waals surface area contributed by atoms with Gasteiger partial charge in [-0.2, -0.15) is 0 Å². The molecular formula is C17H18N2S. The van der Waals surface area contributed by atoms with Gasteiger partial charge in [-0.3, -0.25) is 0 Å². The van der Waals surface area contributed by atoms with E-state index in [0.29, 0.717) is 6.04 Å². The monoisotopic (exact) mass is 282 g/mol. The standard InChI is InChI=1S/C17H18N2S/c1-13(18-12-11-14-7-3-2-4-8-14)17-19-15-9-5-6-10-16(15)20-17/h2-10,13,18H,11-12H2,1H3. The Bertz CT molecular complexity index is 643. The maximum Gasteiger partial charge on any atom is 0.111 e. The normalized spacial score (nSPS) is 12.7. The summed E-state index contributed by atoms with van der Waals surface area (Å²) in [5, 5.41) is 4.72. The molecule has 0 amide bonds. The number of benzene rings is 2. The summed E-state index contributed by atoms with van der Waals surface area (Å²) in [4.78, 5) is 4.69. The van der Waals surface area contributed by atoms with E-state index in [1.165, 1.54) is 15.3 Å². The average Bonchev–Trinajstić information content (AvgIpc) is 2.92. The summed E-state index contributed by atoms with van der Waals surface area (Å²) in [6, 6.07) is 19.2. The molecule has 0 aliphatic heterocycles. The molecule has 0 saturated carbocycles. The largest absolute Gasteiger partial charge is 0.308 e. The summed E-state index contributed by atoms with van der Waals surface area (Å²) in [5.74, 6) is 0. The van der Waals surface area contributed by atoms with Gasteiger partial charge in [-0.05, 0) is 37.6 Å². The molecule has 1 unspecified atom stereocenters. The molecule has 1 heterocycles. The Balaban J connectivity index is 1.60. The van der Waals surface area contributed by atoms with Crippen LogP contribution in [-0.2, 0) is 6.42 Å². The first-order chi connectivity index (χ1) is 9.83. The van der Waals surface area contributed by atoms with Crippen molar-refractivity contribution in [1.29, 1.82) is 0 Å². The van der Waals surface area contributed by atoms with Gasteiger partial charge in [-0.1, -0.05) is 42.5 Å². The molecule has 0 spiro atoms. The zero-order chi connectivity index (χ0) is 13.8. The first-order valence-electron chi connectivity index (χ1n) is 6.96. The number of hydrogen-bond acceptors (Lipinski definition) is 3. The molecule has 2 aromatic carbocycles.